The van der Waals surface area contributed by atoms with Gasteiger partial charge in [0.05, 0.1) is 24.1 Å². The molecule has 5 nitrogen and oxygen atoms in total. The number of ether oxygens (including phenoxy) is 1. The van der Waals surface area contributed by atoms with Gasteiger partial charge in [0.1, 0.15) is 22.8 Å². The van der Waals surface area contributed by atoms with Crippen LogP contribution in [0.2, 0.25) is 18.1 Å². The monoisotopic (exact) mass is 526 g/mol. The minimum absolute atomic E-state index is 0.0210. The number of alkyl halides is 1. The van der Waals surface area contributed by atoms with E-state index in [0.717, 1.165) is 4.47 Å². The maximum absolute atomic E-state index is 15.1. The molecule has 9 heteroatoms. The fourth-order valence-corrected chi connectivity index (χ4v) is 4.61. The van der Waals surface area contributed by atoms with E-state index in [1.165, 1.54) is 19.2 Å². The molecule has 0 bridgehead atoms. The number of esters is 1. The van der Waals surface area contributed by atoms with Gasteiger partial charge in [-0.05, 0) is 36.3 Å². The largest absolute Gasteiger partial charge is 0.542 e. The lowest BCUT2D eigenvalue weighted by atomic mass is 10.0. The van der Waals surface area contributed by atoms with Crippen molar-refractivity contribution in [1.29, 1.82) is 0 Å². The molecular weight excluding hydrogens is 503 g/mol. The number of rotatable bonds is 4. The number of fused-ring (bicyclic) bond motifs is 1. The average molecular weight is 528 g/mol. The first-order valence-electron chi connectivity index (χ1n) is 9.74. The molecule has 0 aromatic heterocycles. The third-order valence-electron chi connectivity index (χ3n) is 5.65. The zero-order valence-corrected chi connectivity index (χ0v) is 21.6. The smallest absolute Gasteiger partial charge is 0.340 e. The molecule has 2 aromatic rings. The number of anilines is 1. The zero-order chi connectivity index (χ0) is 23.1. The summed E-state index contributed by atoms with van der Waals surface area (Å²) in [5.41, 5.74) is 0.636. The summed E-state index contributed by atoms with van der Waals surface area (Å²) in [5.74, 6) is -0.900. The number of nitrogens with zero attached hydrogens (tertiary/aromatic N) is 1. The summed E-state index contributed by atoms with van der Waals surface area (Å²) in [7, 11) is -0.967. The molecule has 2 aromatic carbocycles. The fraction of sp³-hybridized carbons (Fsp3) is 0.364. The second-order valence-corrected chi connectivity index (χ2v) is 14.9. The quantitative estimate of drug-likeness (QED) is 0.204. The summed E-state index contributed by atoms with van der Waals surface area (Å²) in [6, 6.07) is 8.18. The average Bonchev–Trinajstić information content (AvgIpc) is 2.66. The SMILES string of the molecule is COC(=O)c1cccc(C2=Nc3c(cc(Br)cc3O[Si](C)(C)C(C)(C)C)NC2Cl)c1F. The van der Waals surface area contributed by atoms with Crippen LogP contribution in [0.5, 0.6) is 5.75 Å². The molecular formula is C22H25BrClFN2O3Si. The van der Waals surface area contributed by atoms with Crippen LogP contribution in [0.3, 0.4) is 0 Å². The molecule has 1 N–H and O–H groups in total. The number of carbonyl (C=O) groups is 1. The van der Waals surface area contributed by atoms with Crippen molar-refractivity contribution in [2.24, 2.45) is 4.99 Å². The molecule has 0 aliphatic carbocycles. The standard InChI is InChI=1S/C22H25BrClFN2O3Si/c1-22(2,3)31(5,6)30-16-11-12(23)10-15-19(16)27-18(20(24)26-15)13-8-7-9-14(17(13)25)21(28)29-4/h7-11,20,26H,1-6H3. The van der Waals surface area contributed by atoms with Crippen LogP contribution < -0.4 is 9.74 Å². The van der Waals surface area contributed by atoms with Crippen LogP contribution in [0.25, 0.3) is 0 Å². The number of halogens is 3. The van der Waals surface area contributed by atoms with Gasteiger partial charge in [-0.1, -0.05) is 60.4 Å². The van der Waals surface area contributed by atoms with E-state index in [1.54, 1.807) is 6.07 Å². The van der Waals surface area contributed by atoms with Crippen LogP contribution in [0.1, 0.15) is 36.7 Å². The van der Waals surface area contributed by atoms with Crippen LogP contribution in [0, 0.1) is 5.82 Å². The third kappa shape index (κ3) is 4.66. The number of hydrogen-bond donors (Lipinski definition) is 1. The second-order valence-electron chi connectivity index (χ2n) is 8.83. The van der Waals surface area contributed by atoms with Gasteiger partial charge in [-0.2, -0.15) is 0 Å². The summed E-state index contributed by atoms with van der Waals surface area (Å²) in [6.07, 6.45) is 0. The fourth-order valence-electron chi connectivity index (χ4n) is 2.88. The van der Waals surface area contributed by atoms with Crippen molar-refractivity contribution < 1.29 is 18.3 Å². The topological polar surface area (TPSA) is 59.9 Å². The van der Waals surface area contributed by atoms with Crippen LogP contribution in [-0.4, -0.2) is 32.6 Å². The number of aliphatic imine (C=N–C) groups is 1. The Bertz CT molecular complexity index is 1070. The normalized spacial score (nSPS) is 16.2. The predicted octanol–water partition coefficient (Wildman–Crippen LogP) is 6.87. The van der Waals surface area contributed by atoms with Gasteiger partial charge in [-0.25, -0.2) is 14.2 Å². The molecule has 3 rings (SSSR count). The van der Waals surface area contributed by atoms with Gasteiger partial charge in [0.2, 0.25) is 0 Å². The molecule has 166 valence electrons. The van der Waals surface area contributed by atoms with Crippen molar-refractivity contribution in [3.63, 3.8) is 0 Å². The summed E-state index contributed by atoms with van der Waals surface area (Å²) < 4.78 is 27.1. The maximum Gasteiger partial charge on any atom is 0.340 e. The molecule has 0 amide bonds. The van der Waals surface area contributed by atoms with Crippen LogP contribution in [-0.2, 0) is 4.74 Å². The minimum atomic E-state index is -2.17. The van der Waals surface area contributed by atoms with Gasteiger partial charge in [0.25, 0.3) is 8.32 Å². The van der Waals surface area contributed by atoms with E-state index < -0.39 is 25.6 Å². The first-order valence-corrected chi connectivity index (χ1v) is 13.9. The van der Waals surface area contributed by atoms with E-state index >= 15 is 4.39 Å². The molecule has 1 unspecified atom stereocenters. The number of carbonyl (C=O) groups excluding carboxylic acids is 1. The van der Waals surface area contributed by atoms with Crippen molar-refractivity contribution in [2.75, 3.05) is 12.4 Å². The number of methoxy groups -OCH3 is 1. The number of nitrogens with one attached hydrogen (secondary N) is 1. The van der Waals surface area contributed by atoms with Crippen molar-refractivity contribution in [2.45, 2.75) is 44.4 Å². The summed E-state index contributed by atoms with van der Waals surface area (Å²) in [5, 5.41) is 3.14. The van der Waals surface area contributed by atoms with E-state index in [9.17, 15) is 4.79 Å². The predicted molar refractivity (Wildman–Crippen MR) is 129 cm³/mol. The highest BCUT2D eigenvalue weighted by atomic mass is 79.9. The summed E-state index contributed by atoms with van der Waals surface area (Å²) in [4.78, 5) is 16.6. The van der Waals surface area contributed by atoms with Crippen LogP contribution in [0.4, 0.5) is 15.8 Å². The maximum atomic E-state index is 15.1. The van der Waals surface area contributed by atoms with Crippen molar-refractivity contribution >= 4 is 58.9 Å². The van der Waals surface area contributed by atoms with Gasteiger partial charge in [0, 0.05) is 10.0 Å². The summed E-state index contributed by atoms with van der Waals surface area (Å²) in [6.45, 7) is 10.7. The number of hydrogen-bond acceptors (Lipinski definition) is 5. The van der Waals surface area contributed by atoms with Crippen molar-refractivity contribution in [3.05, 3.63) is 51.7 Å². The lowest BCUT2D eigenvalue weighted by Gasteiger charge is -2.37. The highest BCUT2D eigenvalue weighted by Gasteiger charge is 2.40. The Balaban J connectivity index is 2.16. The second kappa shape index (κ2) is 8.56. The molecule has 1 aliphatic rings. The Hall–Kier alpha value is -1.90. The molecule has 0 radical (unpaired) electrons. The first kappa shape index (κ1) is 23.8. The van der Waals surface area contributed by atoms with Gasteiger partial charge in [-0.15, -0.1) is 0 Å². The van der Waals surface area contributed by atoms with Crippen molar-refractivity contribution in [3.8, 4) is 5.75 Å². The molecule has 1 heterocycles. The molecule has 0 saturated heterocycles. The Morgan fingerprint density at radius 2 is 1.97 bits per heavy atom. The van der Waals surface area contributed by atoms with Crippen LogP contribution >= 0.6 is 27.5 Å². The van der Waals surface area contributed by atoms with Gasteiger partial charge in [0.15, 0.2) is 0 Å². The summed E-state index contributed by atoms with van der Waals surface area (Å²) >= 11 is 10.0. The van der Waals surface area contributed by atoms with Gasteiger partial charge in [-0.3, -0.25) is 0 Å². The molecule has 1 atom stereocenters. The lowest BCUT2D eigenvalue weighted by Crippen LogP contribution is -2.44. The Morgan fingerprint density at radius 1 is 1.29 bits per heavy atom. The Morgan fingerprint density at radius 3 is 2.58 bits per heavy atom. The molecule has 0 saturated carbocycles. The lowest BCUT2D eigenvalue weighted by molar-refractivity contribution is 0.0595. The van der Waals surface area contributed by atoms with Gasteiger partial charge >= 0.3 is 5.97 Å². The molecule has 1 aliphatic heterocycles. The molecule has 0 spiro atoms. The first-order chi connectivity index (χ1) is 14.4. The van der Waals surface area contributed by atoms with Crippen molar-refractivity contribution in [1.82, 2.24) is 0 Å². The highest BCUT2D eigenvalue weighted by Crippen LogP contribution is 2.46. The molecule has 31 heavy (non-hydrogen) atoms. The zero-order valence-electron chi connectivity index (χ0n) is 18.3. The van der Waals surface area contributed by atoms with E-state index in [0.29, 0.717) is 17.1 Å². The van der Waals surface area contributed by atoms with E-state index in [1.807, 2.05) is 12.1 Å². The molecule has 0 fully saturated rings. The minimum Gasteiger partial charge on any atom is -0.542 e. The van der Waals surface area contributed by atoms with E-state index in [-0.39, 0.29) is 21.9 Å². The number of benzene rings is 2. The highest BCUT2D eigenvalue weighted by molar-refractivity contribution is 9.10. The third-order valence-corrected chi connectivity index (χ3v) is 10.8. The van der Waals surface area contributed by atoms with E-state index in [2.05, 4.69) is 59.8 Å². The van der Waals surface area contributed by atoms with E-state index in [4.69, 9.17) is 21.0 Å². The Kier molecular flexibility index (Phi) is 6.56. The van der Waals surface area contributed by atoms with Crippen LogP contribution in [0.15, 0.2) is 39.8 Å². The Labute approximate surface area is 196 Å². The van der Waals surface area contributed by atoms with Gasteiger partial charge < -0.3 is 14.5 Å².